The number of terminal acetylenes is 1. The van der Waals surface area contributed by atoms with E-state index >= 15 is 0 Å². The van der Waals surface area contributed by atoms with Crippen molar-refractivity contribution in [2.75, 3.05) is 0 Å². The third-order valence-electron chi connectivity index (χ3n) is 2.10. The highest BCUT2D eigenvalue weighted by atomic mass is 14.2. The second kappa shape index (κ2) is 3.56. The second-order valence-electron chi connectivity index (χ2n) is 3.06. The second-order valence-corrected chi connectivity index (χ2v) is 3.06. The molecule has 2 atom stereocenters. The number of rotatable bonds is 2. The van der Waals surface area contributed by atoms with Gasteiger partial charge in [-0.15, -0.1) is 12.3 Å². The van der Waals surface area contributed by atoms with Gasteiger partial charge in [-0.05, 0) is 11.8 Å². The summed E-state index contributed by atoms with van der Waals surface area (Å²) in [4.78, 5) is 0. The fraction of sp³-hybridized carbons (Fsp3) is 0.778. The minimum atomic E-state index is 0.421. The minimum absolute atomic E-state index is 0.421. The average molecular weight is 124 g/mol. The molecule has 0 spiro atoms. The summed E-state index contributed by atoms with van der Waals surface area (Å²) in [7, 11) is 0. The summed E-state index contributed by atoms with van der Waals surface area (Å²) in [5.41, 5.74) is 0. The van der Waals surface area contributed by atoms with Crippen LogP contribution in [-0.2, 0) is 0 Å². The number of hydrogen-bond donors (Lipinski definition) is 0. The molecular weight excluding hydrogens is 108 g/mol. The summed E-state index contributed by atoms with van der Waals surface area (Å²) >= 11 is 0. The van der Waals surface area contributed by atoms with Crippen LogP contribution in [0.2, 0.25) is 0 Å². The van der Waals surface area contributed by atoms with Crippen molar-refractivity contribution in [2.45, 2.75) is 27.7 Å². The predicted octanol–water partition coefficient (Wildman–Crippen LogP) is 2.55. The Morgan fingerprint density at radius 1 is 1.11 bits per heavy atom. The molecule has 0 saturated heterocycles. The summed E-state index contributed by atoms with van der Waals surface area (Å²) < 4.78 is 0. The molecule has 0 N–H and O–H groups in total. The molecule has 2 unspecified atom stereocenters. The van der Waals surface area contributed by atoms with Crippen LogP contribution in [0.1, 0.15) is 27.7 Å². The SMILES string of the molecule is C#CC(C)C(C)C(C)C. The Morgan fingerprint density at radius 3 is 1.67 bits per heavy atom. The van der Waals surface area contributed by atoms with Crippen molar-refractivity contribution in [3.63, 3.8) is 0 Å². The van der Waals surface area contributed by atoms with E-state index in [1.165, 1.54) is 0 Å². The zero-order valence-corrected chi connectivity index (χ0v) is 6.81. The third kappa shape index (κ3) is 2.56. The van der Waals surface area contributed by atoms with E-state index < -0.39 is 0 Å². The topological polar surface area (TPSA) is 0 Å². The van der Waals surface area contributed by atoms with E-state index in [0.29, 0.717) is 17.8 Å². The van der Waals surface area contributed by atoms with Crippen LogP contribution >= 0.6 is 0 Å². The highest BCUT2D eigenvalue weighted by Gasteiger charge is 2.12. The predicted molar refractivity (Wildman–Crippen MR) is 42.0 cm³/mol. The van der Waals surface area contributed by atoms with Gasteiger partial charge in [-0.25, -0.2) is 0 Å². The fourth-order valence-corrected chi connectivity index (χ4v) is 0.729. The summed E-state index contributed by atoms with van der Waals surface area (Å²) in [5, 5.41) is 0. The molecule has 0 aromatic carbocycles. The molecule has 0 bridgehead atoms. The first kappa shape index (κ1) is 8.56. The molecular formula is C9H16. The van der Waals surface area contributed by atoms with Gasteiger partial charge in [0.25, 0.3) is 0 Å². The van der Waals surface area contributed by atoms with Gasteiger partial charge in [-0.3, -0.25) is 0 Å². The van der Waals surface area contributed by atoms with Gasteiger partial charge >= 0.3 is 0 Å². The lowest BCUT2D eigenvalue weighted by atomic mass is 9.87. The van der Waals surface area contributed by atoms with Gasteiger partial charge < -0.3 is 0 Å². The van der Waals surface area contributed by atoms with Crippen molar-refractivity contribution >= 4 is 0 Å². The molecule has 0 aliphatic rings. The molecule has 0 aromatic heterocycles. The maximum absolute atomic E-state index is 5.26. The van der Waals surface area contributed by atoms with E-state index in [-0.39, 0.29) is 0 Å². The van der Waals surface area contributed by atoms with Gasteiger partial charge in [0.1, 0.15) is 0 Å². The van der Waals surface area contributed by atoms with Crippen LogP contribution in [0, 0.1) is 30.1 Å². The van der Waals surface area contributed by atoms with Crippen LogP contribution in [0.4, 0.5) is 0 Å². The lowest BCUT2D eigenvalue weighted by molar-refractivity contribution is 0.351. The molecule has 0 saturated carbocycles. The molecule has 0 aromatic rings. The largest absolute Gasteiger partial charge is 0.120 e. The maximum atomic E-state index is 5.26. The zero-order valence-electron chi connectivity index (χ0n) is 6.81. The molecule has 0 fully saturated rings. The molecule has 0 nitrogen and oxygen atoms in total. The van der Waals surface area contributed by atoms with Gasteiger partial charge in [0.2, 0.25) is 0 Å². The molecule has 0 amide bonds. The van der Waals surface area contributed by atoms with Gasteiger partial charge in [-0.1, -0.05) is 27.7 Å². The Hall–Kier alpha value is -0.440. The fourth-order valence-electron chi connectivity index (χ4n) is 0.729. The van der Waals surface area contributed by atoms with Crippen molar-refractivity contribution < 1.29 is 0 Å². The van der Waals surface area contributed by atoms with Crippen LogP contribution in [0.25, 0.3) is 0 Å². The molecule has 0 aliphatic heterocycles. The van der Waals surface area contributed by atoms with Gasteiger partial charge in [0.05, 0.1) is 0 Å². The van der Waals surface area contributed by atoms with E-state index in [9.17, 15) is 0 Å². The van der Waals surface area contributed by atoms with Gasteiger partial charge in [0, 0.05) is 5.92 Å². The first-order valence-electron chi connectivity index (χ1n) is 3.55. The van der Waals surface area contributed by atoms with E-state index in [4.69, 9.17) is 6.42 Å². The van der Waals surface area contributed by atoms with Gasteiger partial charge in [-0.2, -0.15) is 0 Å². The van der Waals surface area contributed by atoms with Crippen molar-refractivity contribution in [2.24, 2.45) is 17.8 Å². The Balaban J connectivity index is 3.76. The lowest BCUT2D eigenvalue weighted by Crippen LogP contribution is -2.11. The van der Waals surface area contributed by atoms with E-state index in [1.807, 2.05) is 0 Å². The molecule has 0 heterocycles. The zero-order chi connectivity index (χ0) is 7.44. The normalized spacial score (nSPS) is 16.9. The third-order valence-corrected chi connectivity index (χ3v) is 2.10. The Bertz CT molecular complexity index is 106. The molecule has 0 heteroatoms. The van der Waals surface area contributed by atoms with Gasteiger partial charge in [0.15, 0.2) is 0 Å². The maximum Gasteiger partial charge on any atom is 0.0200 e. The standard InChI is InChI=1S/C9H16/c1-6-8(4)9(5)7(2)3/h1,7-9H,2-5H3. The molecule has 9 heavy (non-hydrogen) atoms. The highest BCUT2D eigenvalue weighted by molar-refractivity contribution is 4.93. The molecule has 0 aliphatic carbocycles. The average Bonchev–Trinajstić information content (AvgIpc) is 1.84. The lowest BCUT2D eigenvalue weighted by Gasteiger charge is -2.17. The first-order chi connectivity index (χ1) is 4.09. The van der Waals surface area contributed by atoms with E-state index in [1.54, 1.807) is 0 Å². The number of hydrogen-bond acceptors (Lipinski definition) is 0. The summed E-state index contributed by atoms with van der Waals surface area (Å²) in [6.07, 6.45) is 5.26. The smallest absolute Gasteiger partial charge is 0.0200 e. The summed E-state index contributed by atoms with van der Waals surface area (Å²) in [5.74, 6) is 4.52. The van der Waals surface area contributed by atoms with Crippen LogP contribution in [0.5, 0.6) is 0 Å². The van der Waals surface area contributed by atoms with Crippen molar-refractivity contribution in [3.8, 4) is 12.3 Å². The van der Waals surface area contributed by atoms with Crippen molar-refractivity contribution in [1.29, 1.82) is 0 Å². The minimum Gasteiger partial charge on any atom is -0.120 e. The molecule has 0 radical (unpaired) electrons. The monoisotopic (exact) mass is 124 g/mol. The quantitative estimate of drug-likeness (QED) is 0.496. The Labute approximate surface area is 58.7 Å². The van der Waals surface area contributed by atoms with E-state index in [0.717, 1.165) is 0 Å². The van der Waals surface area contributed by atoms with E-state index in [2.05, 4.69) is 33.6 Å². The molecule has 52 valence electrons. The van der Waals surface area contributed by atoms with Crippen LogP contribution in [0.3, 0.4) is 0 Å². The van der Waals surface area contributed by atoms with Crippen LogP contribution in [-0.4, -0.2) is 0 Å². The summed E-state index contributed by atoms with van der Waals surface area (Å²) in [6, 6.07) is 0. The highest BCUT2D eigenvalue weighted by Crippen LogP contribution is 2.18. The summed E-state index contributed by atoms with van der Waals surface area (Å²) in [6.45, 7) is 8.72. The van der Waals surface area contributed by atoms with Crippen LogP contribution in [0.15, 0.2) is 0 Å². The first-order valence-corrected chi connectivity index (χ1v) is 3.55. The van der Waals surface area contributed by atoms with Crippen molar-refractivity contribution in [1.82, 2.24) is 0 Å². The van der Waals surface area contributed by atoms with Crippen LogP contribution < -0.4 is 0 Å². The Morgan fingerprint density at radius 2 is 1.56 bits per heavy atom. The molecule has 0 rings (SSSR count). The van der Waals surface area contributed by atoms with Crippen molar-refractivity contribution in [3.05, 3.63) is 0 Å². The Kier molecular flexibility index (Phi) is 3.39.